The summed E-state index contributed by atoms with van der Waals surface area (Å²) in [6, 6.07) is 31.2. The van der Waals surface area contributed by atoms with Crippen LogP contribution < -0.4 is 9.80 Å². The molecule has 30 heavy (non-hydrogen) atoms. The molecule has 2 aliphatic rings. The lowest BCUT2D eigenvalue weighted by atomic mass is 9.87. The third-order valence-electron chi connectivity index (χ3n) is 6.55. The summed E-state index contributed by atoms with van der Waals surface area (Å²) in [5.41, 5.74) is 13.4. The Morgan fingerprint density at radius 3 is 2.03 bits per heavy atom. The topological polar surface area (TPSA) is 6.48 Å². The van der Waals surface area contributed by atoms with Gasteiger partial charge < -0.3 is 9.80 Å². The smallest absolute Gasteiger partial charge is 0.0553 e. The molecule has 2 heteroatoms. The molecule has 4 aromatic rings. The lowest BCUT2D eigenvalue weighted by Crippen LogP contribution is -2.25. The van der Waals surface area contributed by atoms with Crippen LogP contribution in [0, 0.1) is 6.92 Å². The van der Waals surface area contributed by atoms with Crippen LogP contribution in [0.2, 0.25) is 0 Å². The van der Waals surface area contributed by atoms with Gasteiger partial charge in [-0.05, 0) is 53.9 Å². The lowest BCUT2D eigenvalue weighted by molar-refractivity contribution is 1.01. The molecule has 0 saturated carbocycles. The van der Waals surface area contributed by atoms with E-state index in [-0.39, 0.29) is 0 Å². The molecule has 0 amide bonds. The van der Waals surface area contributed by atoms with Crippen LogP contribution in [0.3, 0.4) is 0 Å². The van der Waals surface area contributed by atoms with Gasteiger partial charge in [0.15, 0.2) is 0 Å². The van der Waals surface area contributed by atoms with Crippen molar-refractivity contribution in [3.8, 4) is 0 Å². The van der Waals surface area contributed by atoms with Gasteiger partial charge in [-0.3, -0.25) is 0 Å². The molecule has 0 saturated heterocycles. The minimum atomic E-state index is 0.962. The molecule has 2 heterocycles. The number of benzene rings is 4. The Bertz CT molecular complexity index is 1270. The first-order valence-corrected chi connectivity index (χ1v) is 10.6. The fourth-order valence-corrected chi connectivity index (χ4v) is 5.06. The van der Waals surface area contributed by atoms with Gasteiger partial charge in [-0.15, -0.1) is 0 Å². The summed E-state index contributed by atoms with van der Waals surface area (Å²) in [4.78, 5) is 4.83. The van der Waals surface area contributed by atoms with Gasteiger partial charge in [-0.25, -0.2) is 0 Å². The molecule has 2 nitrogen and oxygen atoms in total. The maximum Gasteiger partial charge on any atom is 0.0553 e. The summed E-state index contributed by atoms with van der Waals surface area (Å²) in [6.07, 6.45) is 1.94. The molecule has 0 radical (unpaired) electrons. The summed E-state index contributed by atoms with van der Waals surface area (Å²) in [5.74, 6) is 0. The molecule has 146 valence electrons. The average Bonchev–Trinajstić information content (AvgIpc) is 2.78. The van der Waals surface area contributed by atoms with E-state index in [4.69, 9.17) is 0 Å². The van der Waals surface area contributed by atoms with Crippen molar-refractivity contribution < 1.29 is 0 Å². The molecule has 0 fully saturated rings. The van der Waals surface area contributed by atoms with Crippen LogP contribution in [0.5, 0.6) is 0 Å². The van der Waals surface area contributed by atoms with Gasteiger partial charge in [-0.2, -0.15) is 0 Å². The van der Waals surface area contributed by atoms with Gasteiger partial charge in [-0.1, -0.05) is 60.2 Å². The lowest BCUT2D eigenvalue weighted by Gasteiger charge is -2.39. The molecule has 2 aliphatic heterocycles. The van der Waals surface area contributed by atoms with Crippen molar-refractivity contribution in [2.75, 3.05) is 16.8 Å². The van der Waals surface area contributed by atoms with E-state index in [1.54, 1.807) is 0 Å². The van der Waals surface area contributed by atoms with E-state index in [0.29, 0.717) is 0 Å². The Labute approximate surface area is 178 Å². The largest absolute Gasteiger partial charge is 0.344 e. The second-order valence-corrected chi connectivity index (χ2v) is 8.41. The molecular formula is C28H24N2. The highest BCUT2D eigenvalue weighted by Gasteiger charge is 2.31. The Balaban J connectivity index is 1.62. The number of nitrogens with zero attached hydrogens (tertiary/aromatic N) is 2. The third kappa shape index (κ3) is 2.50. The van der Waals surface area contributed by atoms with Crippen LogP contribution in [0.25, 0.3) is 0 Å². The summed E-state index contributed by atoms with van der Waals surface area (Å²) in [7, 11) is 2.19. The fraction of sp³-hybridized carbons (Fsp3) is 0.143. The molecule has 0 aromatic heterocycles. The summed E-state index contributed by atoms with van der Waals surface area (Å²) in [5, 5.41) is 0. The van der Waals surface area contributed by atoms with Crippen molar-refractivity contribution in [1.82, 2.24) is 0 Å². The molecule has 0 bridgehead atoms. The van der Waals surface area contributed by atoms with Gasteiger partial charge in [0.25, 0.3) is 0 Å². The number of para-hydroxylation sites is 2. The first-order chi connectivity index (χ1) is 14.7. The quantitative estimate of drug-likeness (QED) is 0.304. The van der Waals surface area contributed by atoms with Gasteiger partial charge in [0.2, 0.25) is 0 Å². The van der Waals surface area contributed by atoms with Crippen molar-refractivity contribution in [2.24, 2.45) is 0 Å². The molecular weight excluding hydrogens is 364 g/mol. The van der Waals surface area contributed by atoms with E-state index in [2.05, 4.69) is 109 Å². The number of fused-ring (bicyclic) bond motifs is 5. The van der Waals surface area contributed by atoms with Gasteiger partial charge in [0, 0.05) is 48.2 Å². The monoisotopic (exact) mass is 388 g/mol. The highest BCUT2D eigenvalue weighted by Crippen LogP contribution is 2.50. The Hall–Kier alpha value is -3.52. The SMILES string of the molecule is Cc1ccc(N2c3ccccc3Cc3ccc4c(c32)Cc2ccccc2N4C)cc1. The van der Waals surface area contributed by atoms with E-state index in [9.17, 15) is 0 Å². The molecule has 0 N–H and O–H groups in total. The standard InChI is InChI=1S/C28H24N2/c1-19-11-14-23(15-12-19)30-26-10-6-4-7-20(26)17-22-13-16-27-24(28(22)30)18-21-8-3-5-9-25(21)29(27)2/h3-16H,17-18H2,1-2H3. The van der Waals surface area contributed by atoms with Crippen molar-refractivity contribution in [3.63, 3.8) is 0 Å². The van der Waals surface area contributed by atoms with E-state index in [1.807, 2.05) is 0 Å². The van der Waals surface area contributed by atoms with Gasteiger partial charge in [0.1, 0.15) is 0 Å². The number of aryl methyl sites for hydroxylation is 1. The van der Waals surface area contributed by atoms with Gasteiger partial charge >= 0.3 is 0 Å². The average molecular weight is 389 g/mol. The first kappa shape index (κ1) is 17.3. The molecule has 4 aromatic carbocycles. The Kier molecular flexibility index (Phi) is 3.76. The minimum Gasteiger partial charge on any atom is -0.344 e. The predicted octanol–water partition coefficient (Wildman–Crippen LogP) is 7.04. The van der Waals surface area contributed by atoms with Crippen LogP contribution >= 0.6 is 0 Å². The number of hydrogen-bond donors (Lipinski definition) is 0. The highest BCUT2D eigenvalue weighted by molar-refractivity contribution is 5.90. The zero-order valence-electron chi connectivity index (χ0n) is 17.4. The zero-order valence-corrected chi connectivity index (χ0v) is 17.4. The number of anilines is 5. The first-order valence-electron chi connectivity index (χ1n) is 10.6. The van der Waals surface area contributed by atoms with Crippen molar-refractivity contribution in [2.45, 2.75) is 19.8 Å². The maximum absolute atomic E-state index is 2.48. The van der Waals surface area contributed by atoms with Crippen molar-refractivity contribution in [3.05, 3.63) is 113 Å². The van der Waals surface area contributed by atoms with Crippen LogP contribution in [-0.2, 0) is 12.8 Å². The Morgan fingerprint density at radius 1 is 0.600 bits per heavy atom. The van der Waals surface area contributed by atoms with Crippen LogP contribution in [0.4, 0.5) is 28.4 Å². The number of rotatable bonds is 1. The van der Waals surface area contributed by atoms with Gasteiger partial charge in [0.05, 0.1) is 5.69 Å². The second kappa shape index (κ2) is 6.50. The summed E-state index contributed by atoms with van der Waals surface area (Å²) >= 11 is 0. The molecule has 6 rings (SSSR count). The van der Waals surface area contributed by atoms with Crippen LogP contribution in [0.1, 0.15) is 27.8 Å². The van der Waals surface area contributed by atoms with E-state index < -0.39 is 0 Å². The van der Waals surface area contributed by atoms with E-state index in [1.165, 1.54) is 56.3 Å². The van der Waals surface area contributed by atoms with Crippen LogP contribution in [-0.4, -0.2) is 7.05 Å². The third-order valence-corrected chi connectivity index (χ3v) is 6.55. The molecule has 0 atom stereocenters. The Morgan fingerprint density at radius 2 is 1.27 bits per heavy atom. The highest BCUT2D eigenvalue weighted by atomic mass is 15.2. The molecule has 0 spiro atoms. The number of hydrogen-bond acceptors (Lipinski definition) is 2. The fourth-order valence-electron chi connectivity index (χ4n) is 5.06. The predicted molar refractivity (Wildman–Crippen MR) is 126 cm³/mol. The molecule has 0 aliphatic carbocycles. The summed E-state index contributed by atoms with van der Waals surface area (Å²) in [6.45, 7) is 2.15. The van der Waals surface area contributed by atoms with Crippen molar-refractivity contribution >= 4 is 28.4 Å². The maximum atomic E-state index is 2.48. The van der Waals surface area contributed by atoms with E-state index in [0.717, 1.165) is 12.8 Å². The van der Waals surface area contributed by atoms with E-state index >= 15 is 0 Å². The molecule has 0 unspecified atom stereocenters. The normalized spacial score (nSPS) is 13.9. The minimum absolute atomic E-state index is 0.962. The van der Waals surface area contributed by atoms with Crippen molar-refractivity contribution in [1.29, 1.82) is 0 Å². The van der Waals surface area contributed by atoms with Crippen LogP contribution in [0.15, 0.2) is 84.9 Å². The summed E-state index contributed by atoms with van der Waals surface area (Å²) < 4.78 is 0. The second-order valence-electron chi connectivity index (χ2n) is 8.41. The zero-order chi connectivity index (χ0) is 20.2.